The molecule has 0 aromatic heterocycles. The fourth-order valence-corrected chi connectivity index (χ4v) is 2.27. The molecular formula is C14H21NO. The van der Waals surface area contributed by atoms with E-state index in [9.17, 15) is 0 Å². The predicted molar refractivity (Wildman–Crippen MR) is 66.4 cm³/mol. The van der Waals surface area contributed by atoms with Gasteiger partial charge in [0.15, 0.2) is 0 Å². The number of benzene rings is 1. The van der Waals surface area contributed by atoms with Gasteiger partial charge in [-0.3, -0.25) is 0 Å². The van der Waals surface area contributed by atoms with Crippen molar-refractivity contribution >= 4 is 0 Å². The average Bonchev–Trinajstić information content (AvgIpc) is 2.27. The lowest BCUT2D eigenvalue weighted by Crippen LogP contribution is -2.43. The molecule has 16 heavy (non-hydrogen) atoms. The second-order valence-corrected chi connectivity index (χ2v) is 4.80. The number of rotatable bonds is 5. The van der Waals surface area contributed by atoms with Gasteiger partial charge in [0.25, 0.3) is 0 Å². The molecular weight excluding hydrogens is 198 g/mol. The number of methoxy groups -OCH3 is 1. The molecule has 2 rings (SSSR count). The van der Waals surface area contributed by atoms with Crippen LogP contribution in [0.3, 0.4) is 0 Å². The highest BCUT2D eigenvalue weighted by molar-refractivity contribution is 5.30. The molecule has 2 heteroatoms. The van der Waals surface area contributed by atoms with E-state index in [4.69, 9.17) is 10.5 Å². The Bertz CT molecular complexity index is 327. The number of nitrogens with two attached hydrogens (primary N) is 1. The van der Waals surface area contributed by atoms with Gasteiger partial charge in [0.1, 0.15) is 0 Å². The number of hydrogen-bond acceptors (Lipinski definition) is 2. The quantitative estimate of drug-likeness (QED) is 0.773. The fourth-order valence-electron chi connectivity index (χ4n) is 2.27. The lowest BCUT2D eigenvalue weighted by Gasteiger charge is -2.38. The van der Waals surface area contributed by atoms with Gasteiger partial charge < -0.3 is 10.5 Å². The summed E-state index contributed by atoms with van der Waals surface area (Å²) in [5.74, 6) is 0. The number of aryl methyl sites for hydroxylation is 1. The molecule has 1 aromatic carbocycles. The van der Waals surface area contributed by atoms with E-state index in [-0.39, 0.29) is 5.54 Å². The smallest absolute Gasteiger partial charge is 0.0465 e. The van der Waals surface area contributed by atoms with Gasteiger partial charge in [0.2, 0.25) is 0 Å². The van der Waals surface area contributed by atoms with Crippen LogP contribution in [0.15, 0.2) is 24.3 Å². The summed E-state index contributed by atoms with van der Waals surface area (Å²) in [6, 6.07) is 8.80. The van der Waals surface area contributed by atoms with Crippen molar-refractivity contribution in [2.45, 2.75) is 37.6 Å². The van der Waals surface area contributed by atoms with Crippen molar-refractivity contribution in [2.24, 2.45) is 5.73 Å². The summed E-state index contributed by atoms with van der Waals surface area (Å²) in [6.45, 7) is 0.836. The molecule has 0 amide bonds. The maximum absolute atomic E-state index is 6.28. The van der Waals surface area contributed by atoms with Crippen molar-refractivity contribution in [3.05, 3.63) is 35.4 Å². The van der Waals surface area contributed by atoms with Crippen molar-refractivity contribution in [1.29, 1.82) is 0 Å². The van der Waals surface area contributed by atoms with Gasteiger partial charge in [-0.15, -0.1) is 0 Å². The van der Waals surface area contributed by atoms with Crippen LogP contribution in [0.5, 0.6) is 0 Å². The van der Waals surface area contributed by atoms with Crippen LogP contribution >= 0.6 is 0 Å². The Balaban J connectivity index is 1.94. The van der Waals surface area contributed by atoms with E-state index in [1.165, 1.54) is 17.5 Å². The molecule has 0 spiro atoms. The number of hydrogen-bond donors (Lipinski definition) is 1. The van der Waals surface area contributed by atoms with Crippen LogP contribution in [0.4, 0.5) is 0 Å². The molecule has 0 atom stereocenters. The van der Waals surface area contributed by atoms with Crippen molar-refractivity contribution in [3.63, 3.8) is 0 Å². The first-order valence-corrected chi connectivity index (χ1v) is 6.12. The monoisotopic (exact) mass is 219 g/mol. The molecule has 0 radical (unpaired) electrons. The Hall–Kier alpha value is -0.860. The predicted octanol–water partition coefficient (Wildman–Crippen LogP) is 2.60. The van der Waals surface area contributed by atoms with Crippen molar-refractivity contribution in [2.75, 3.05) is 13.7 Å². The van der Waals surface area contributed by atoms with E-state index in [0.717, 1.165) is 32.3 Å². The van der Waals surface area contributed by atoms with Gasteiger partial charge in [-0.25, -0.2) is 0 Å². The molecule has 1 aliphatic carbocycles. The first kappa shape index (κ1) is 11.6. The minimum absolute atomic E-state index is 0.0228. The molecule has 1 aliphatic rings. The van der Waals surface area contributed by atoms with Crippen LogP contribution in [0.2, 0.25) is 0 Å². The second kappa shape index (κ2) is 4.98. The van der Waals surface area contributed by atoms with E-state index < -0.39 is 0 Å². The van der Waals surface area contributed by atoms with Crippen LogP contribution in [-0.2, 0) is 16.7 Å². The zero-order chi connectivity index (χ0) is 11.4. The molecule has 1 saturated carbocycles. The third-order valence-electron chi connectivity index (χ3n) is 3.59. The zero-order valence-corrected chi connectivity index (χ0v) is 10.0. The molecule has 1 aromatic rings. The van der Waals surface area contributed by atoms with E-state index in [2.05, 4.69) is 24.3 Å². The Morgan fingerprint density at radius 3 is 2.44 bits per heavy atom. The minimum atomic E-state index is -0.0228. The highest BCUT2D eigenvalue weighted by Gasteiger charge is 2.33. The Kier molecular flexibility index (Phi) is 3.62. The molecule has 0 bridgehead atoms. The summed E-state index contributed by atoms with van der Waals surface area (Å²) >= 11 is 0. The van der Waals surface area contributed by atoms with Crippen molar-refractivity contribution in [1.82, 2.24) is 0 Å². The van der Waals surface area contributed by atoms with E-state index >= 15 is 0 Å². The molecule has 2 nitrogen and oxygen atoms in total. The van der Waals surface area contributed by atoms with Crippen molar-refractivity contribution in [3.8, 4) is 0 Å². The second-order valence-electron chi connectivity index (χ2n) is 4.80. The summed E-state index contributed by atoms with van der Waals surface area (Å²) in [7, 11) is 1.75. The number of ether oxygens (including phenoxy) is 1. The standard InChI is InChI=1S/C14H21NO/c1-16-11-2-4-12-5-7-13(8-6-12)14(15)9-3-10-14/h5-8H,2-4,9-11,15H2,1H3. The average molecular weight is 219 g/mol. The normalized spacial score (nSPS) is 18.1. The van der Waals surface area contributed by atoms with Gasteiger partial charge in [-0.2, -0.15) is 0 Å². The van der Waals surface area contributed by atoms with Gasteiger partial charge in [0.05, 0.1) is 0 Å². The van der Waals surface area contributed by atoms with Crippen LogP contribution < -0.4 is 5.73 Å². The topological polar surface area (TPSA) is 35.2 Å². The summed E-state index contributed by atoms with van der Waals surface area (Å²) in [4.78, 5) is 0. The van der Waals surface area contributed by atoms with Gasteiger partial charge in [-0.1, -0.05) is 24.3 Å². The first-order valence-electron chi connectivity index (χ1n) is 6.12. The van der Waals surface area contributed by atoms with Gasteiger partial charge >= 0.3 is 0 Å². The molecule has 88 valence electrons. The minimum Gasteiger partial charge on any atom is -0.385 e. The summed E-state index contributed by atoms with van der Waals surface area (Å²) in [5.41, 5.74) is 8.93. The maximum atomic E-state index is 6.28. The van der Waals surface area contributed by atoms with E-state index in [0.29, 0.717) is 0 Å². The molecule has 2 N–H and O–H groups in total. The lowest BCUT2D eigenvalue weighted by atomic mass is 9.72. The Morgan fingerprint density at radius 2 is 1.94 bits per heavy atom. The highest BCUT2D eigenvalue weighted by atomic mass is 16.5. The Labute approximate surface area is 97.8 Å². The van der Waals surface area contributed by atoms with Gasteiger partial charge in [0, 0.05) is 19.3 Å². The van der Waals surface area contributed by atoms with E-state index in [1.807, 2.05) is 0 Å². The largest absolute Gasteiger partial charge is 0.385 e. The maximum Gasteiger partial charge on any atom is 0.0465 e. The van der Waals surface area contributed by atoms with E-state index in [1.54, 1.807) is 7.11 Å². The molecule has 0 saturated heterocycles. The lowest BCUT2D eigenvalue weighted by molar-refractivity contribution is 0.195. The van der Waals surface area contributed by atoms with Crippen LogP contribution in [0, 0.1) is 0 Å². The van der Waals surface area contributed by atoms with Crippen LogP contribution in [0.1, 0.15) is 36.8 Å². The van der Waals surface area contributed by atoms with Crippen LogP contribution in [-0.4, -0.2) is 13.7 Å². The Morgan fingerprint density at radius 1 is 1.25 bits per heavy atom. The van der Waals surface area contributed by atoms with Gasteiger partial charge in [-0.05, 0) is 43.2 Å². The zero-order valence-electron chi connectivity index (χ0n) is 10.0. The molecule has 0 aliphatic heterocycles. The summed E-state index contributed by atoms with van der Waals surface area (Å²) in [6.07, 6.45) is 5.72. The summed E-state index contributed by atoms with van der Waals surface area (Å²) in [5, 5.41) is 0. The molecule has 0 unspecified atom stereocenters. The first-order chi connectivity index (χ1) is 7.74. The van der Waals surface area contributed by atoms with Crippen LogP contribution in [0.25, 0.3) is 0 Å². The fraction of sp³-hybridized carbons (Fsp3) is 0.571. The summed E-state index contributed by atoms with van der Waals surface area (Å²) < 4.78 is 5.05. The van der Waals surface area contributed by atoms with Crippen molar-refractivity contribution < 1.29 is 4.74 Å². The SMILES string of the molecule is COCCCc1ccc(C2(N)CCC2)cc1. The highest BCUT2D eigenvalue weighted by Crippen LogP contribution is 2.38. The third kappa shape index (κ3) is 2.45. The third-order valence-corrected chi connectivity index (χ3v) is 3.59. The molecule has 0 heterocycles. The molecule has 1 fully saturated rings.